The van der Waals surface area contributed by atoms with Crippen molar-refractivity contribution in [3.8, 4) is 5.75 Å². The molecule has 0 spiro atoms. The number of methoxy groups -OCH3 is 1. The van der Waals surface area contributed by atoms with E-state index in [-0.39, 0.29) is 18.6 Å². The van der Waals surface area contributed by atoms with Gasteiger partial charge in [-0.2, -0.15) is 0 Å². The number of rotatable bonds is 5. The molecular weight excluding hydrogens is 227 g/mol. The summed E-state index contributed by atoms with van der Waals surface area (Å²) in [4.78, 5) is 11.1. The number of hydrogen-bond donors (Lipinski definition) is 1. The van der Waals surface area contributed by atoms with E-state index in [1.54, 1.807) is 6.92 Å². The molecule has 5 heteroatoms. The van der Waals surface area contributed by atoms with E-state index in [0.717, 1.165) is 6.07 Å². The zero-order valence-corrected chi connectivity index (χ0v) is 9.77. The van der Waals surface area contributed by atoms with Crippen LogP contribution in [-0.4, -0.2) is 24.8 Å². The fraction of sp³-hybridized carbons (Fsp3) is 0.417. The van der Waals surface area contributed by atoms with Crippen LogP contribution in [0, 0.1) is 5.82 Å². The van der Waals surface area contributed by atoms with Gasteiger partial charge in [-0.3, -0.25) is 4.79 Å². The minimum Gasteiger partial charge on any atom is -0.497 e. The quantitative estimate of drug-likeness (QED) is 0.800. The third kappa shape index (κ3) is 3.71. The number of ether oxygens (including phenoxy) is 2. The van der Waals surface area contributed by atoms with Crippen molar-refractivity contribution in [2.45, 2.75) is 19.4 Å². The maximum atomic E-state index is 13.5. The Kier molecular flexibility index (Phi) is 4.90. The molecule has 1 aromatic carbocycles. The van der Waals surface area contributed by atoms with E-state index in [9.17, 15) is 14.3 Å². The predicted octanol–water partition coefficient (Wildman–Crippen LogP) is 1.82. The van der Waals surface area contributed by atoms with Gasteiger partial charge in [0.15, 0.2) is 0 Å². The van der Waals surface area contributed by atoms with Crippen LogP contribution in [0.15, 0.2) is 18.2 Å². The Morgan fingerprint density at radius 3 is 2.76 bits per heavy atom. The molecule has 94 valence electrons. The summed E-state index contributed by atoms with van der Waals surface area (Å²) in [5.74, 6) is -0.814. The average Bonchev–Trinajstić information content (AvgIpc) is 2.28. The van der Waals surface area contributed by atoms with Crippen LogP contribution in [0.5, 0.6) is 5.75 Å². The number of aliphatic hydroxyl groups is 1. The molecule has 0 saturated carbocycles. The molecule has 0 aliphatic heterocycles. The summed E-state index contributed by atoms with van der Waals surface area (Å²) in [7, 11) is 1.42. The van der Waals surface area contributed by atoms with Crippen molar-refractivity contribution >= 4 is 5.97 Å². The van der Waals surface area contributed by atoms with Crippen molar-refractivity contribution in [1.82, 2.24) is 0 Å². The molecule has 0 radical (unpaired) electrons. The lowest BCUT2D eigenvalue weighted by Crippen LogP contribution is -2.11. The molecule has 0 saturated heterocycles. The van der Waals surface area contributed by atoms with Crippen molar-refractivity contribution in [2.75, 3.05) is 13.7 Å². The van der Waals surface area contributed by atoms with Gasteiger partial charge in [-0.25, -0.2) is 4.39 Å². The molecule has 0 amide bonds. The van der Waals surface area contributed by atoms with Crippen LogP contribution in [0.25, 0.3) is 0 Å². The maximum Gasteiger partial charge on any atom is 0.308 e. The zero-order chi connectivity index (χ0) is 12.8. The Hall–Kier alpha value is -1.62. The number of aliphatic hydroxyl groups excluding tert-OH is 1. The number of carbonyl (C=O) groups excluding carboxylic acids is 1. The topological polar surface area (TPSA) is 55.8 Å². The van der Waals surface area contributed by atoms with E-state index >= 15 is 0 Å². The first kappa shape index (κ1) is 13.4. The molecule has 17 heavy (non-hydrogen) atoms. The largest absolute Gasteiger partial charge is 0.497 e. The van der Waals surface area contributed by atoms with Gasteiger partial charge in [0.2, 0.25) is 0 Å². The molecule has 1 rings (SSSR count). The second-order valence-electron chi connectivity index (χ2n) is 3.41. The van der Waals surface area contributed by atoms with E-state index in [0.29, 0.717) is 5.75 Å². The molecule has 0 aromatic heterocycles. The van der Waals surface area contributed by atoms with Crippen LogP contribution in [0.2, 0.25) is 0 Å². The van der Waals surface area contributed by atoms with Gasteiger partial charge in [0.25, 0.3) is 0 Å². The van der Waals surface area contributed by atoms with Gasteiger partial charge in [-0.05, 0) is 19.1 Å². The van der Waals surface area contributed by atoms with E-state index in [1.165, 1.54) is 19.2 Å². The minimum absolute atomic E-state index is 0.0545. The van der Waals surface area contributed by atoms with Gasteiger partial charge in [0.1, 0.15) is 11.6 Å². The van der Waals surface area contributed by atoms with Crippen LogP contribution in [0.3, 0.4) is 0 Å². The normalized spacial score (nSPS) is 12.0. The van der Waals surface area contributed by atoms with Gasteiger partial charge < -0.3 is 14.6 Å². The van der Waals surface area contributed by atoms with Crippen molar-refractivity contribution in [3.05, 3.63) is 29.6 Å². The van der Waals surface area contributed by atoms with Crippen molar-refractivity contribution in [2.24, 2.45) is 0 Å². The van der Waals surface area contributed by atoms with Crippen LogP contribution in [0.1, 0.15) is 25.0 Å². The lowest BCUT2D eigenvalue weighted by molar-refractivity contribution is -0.145. The Bertz CT molecular complexity index is 392. The second-order valence-corrected chi connectivity index (χ2v) is 3.41. The summed E-state index contributed by atoms with van der Waals surface area (Å²) in [6, 6.07) is 4.06. The monoisotopic (exact) mass is 242 g/mol. The number of carbonyl (C=O) groups is 1. The molecule has 4 nitrogen and oxygen atoms in total. The standard InChI is InChI=1S/C12H15FO4/c1-3-17-12(15)7-11(14)9-5-4-8(16-2)6-10(9)13/h4-6,11,14H,3,7H2,1-2H3. The van der Waals surface area contributed by atoms with E-state index < -0.39 is 17.9 Å². The van der Waals surface area contributed by atoms with Crippen LogP contribution in [-0.2, 0) is 9.53 Å². The molecule has 0 bridgehead atoms. The highest BCUT2D eigenvalue weighted by molar-refractivity contribution is 5.70. The predicted molar refractivity (Wildman–Crippen MR) is 59.2 cm³/mol. The zero-order valence-electron chi connectivity index (χ0n) is 9.77. The molecule has 1 N–H and O–H groups in total. The van der Waals surface area contributed by atoms with Crippen molar-refractivity contribution in [1.29, 1.82) is 0 Å². The molecule has 0 aliphatic carbocycles. The summed E-state index contributed by atoms with van der Waals surface area (Å²) >= 11 is 0. The van der Waals surface area contributed by atoms with Gasteiger partial charge in [0.05, 0.1) is 26.2 Å². The minimum atomic E-state index is -1.21. The third-order valence-electron chi connectivity index (χ3n) is 2.23. The maximum absolute atomic E-state index is 13.5. The Morgan fingerprint density at radius 1 is 1.53 bits per heavy atom. The van der Waals surface area contributed by atoms with Gasteiger partial charge in [-0.1, -0.05) is 0 Å². The van der Waals surface area contributed by atoms with Crippen molar-refractivity contribution in [3.63, 3.8) is 0 Å². The molecule has 0 fully saturated rings. The summed E-state index contributed by atoms with van der Waals surface area (Å²) in [5, 5.41) is 9.68. The molecule has 0 aliphatic rings. The lowest BCUT2D eigenvalue weighted by atomic mass is 10.1. The Morgan fingerprint density at radius 2 is 2.24 bits per heavy atom. The Labute approximate surface area is 99.0 Å². The number of halogens is 1. The van der Waals surface area contributed by atoms with Gasteiger partial charge in [-0.15, -0.1) is 0 Å². The first-order chi connectivity index (χ1) is 8.08. The average molecular weight is 242 g/mol. The second kappa shape index (κ2) is 6.20. The SMILES string of the molecule is CCOC(=O)CC(O)c1ccc(OC)cc1F. The lowest BCUT2D eigenvalue weighted by Gasteiger charge is -2.12. The highest BCUT2D eigenvalue weighted by Crippen LogP contribution is 2.24. The molecule has 1 atom stereocenters. The first-order valence-corrected chi connectivity index (χ1v) is 5.25. The van der Waals surface area contributed by atoms with E-state index in [4.69, 9.17) is 4.74 Å². The van der Waals surface area contributed by atoms with Crippen LogP contribution >= 0.6 is 0 Å². The van der Waals surface area contributed by atoms with Crippen LogP contribution < -0.4 is 4.74 Å². The summed E-state index contributed by atoms with van der Waals surface area (Å²) in [6.45, 7) is 1.90. The molecule has 1 aromatic rings. The summed E-state index contributed by atoms with van der Waals surface area (Å²) < 4.78 is 23.0. The Balaban J connectivity index is 2.75. The highest BCUT2D eigenvalue weighted by atomic mass is 19.1. The molecule has 0 heterocycles. The van der Waals surface area contributed by atoms with Crippen LogP contribution in [0.4, 0.5) is 4.39 Å². The highest BCUT2D eigenvalue weighted by Gasteiger charge is 2.17. The first-order valence-electron chi connectivity index (χ1n) is 5.25. The summed E-state index contributed by atoms with van der Waals surface area (Å²) in [6.07, 6.45) is -1.48. The molecule has 1 unspecified atom stereocenters. The number of benzene rings is 1. The summed E-state index contributed by atoms with van der Waals surface area (Å²) in [5.41, 5.74) is 0.0545. The molecular formula is C12H15FO4. The van der Waals surface area contributed by atoms with Gasteiger partial charge in [0, 0.05) is 11.6 Å². The van der Waals surface area contributed by atoms with Gasteiger partial charge >= 0.3 is 5.97 Å². The fourth-order valence-electron chi connectivity index (χ4n) is 1.39. The van der Waals surface area contributed by atoms with E-state index in [2.05, 4.69) is 4.74 Å². The third-order valence-corrected chi connectivity index (χ3v) is 2.23. The smallest absolute Gasteiger partial charge is 0.308 e. The number of esters is 1. The van der Waals surface area contributed by atoms with Crippen molar-refractivity contribution < 1.29 is 23.8 Å². The van der Waals surface area contributed by atoms with E-state index in [1.807, 2.05) is 0 Å². The fourth-order valence-corrected chi connectivity index (χ4v) is 1.39. The number of hydrogen-bond acceptors (Lipinski definition) is 4.